The highest BCUT2D eigenvalue weighted by Gasteiger charge is 2.22. The third kappa shape index (κ3) is 5.13. The van der Waals surface area contributed by atoms with Crippen LogP contribution in [0.25, 0.3) is 0 Å². The van der Waals surface area contributed by atoms with Gasteiger partial charge in [-0.2, -0.15) is 4.39 Å². The quantitative estimate of drug-likeness (QED) is 0.621. The Bertz CT molecular complexity index is 453. The number of carbonyl (C=O) groups is 2. The lowest BCUT2D eigenvalue weighted by atomic mass is 10.1. The minimum Gasteiger partial charge on any atom is -0.345 e. The van der Waals surface area contributed by atoms with Crippen molar-refractivity contribution in [2.24, 2.45) is 0 Å². The molecule has 1 amide bonds. The third-order valence-corrected chi connectivity index (χ3v) is 2.90. The summed E-state index contributed by atoms with van der Waals surface area (Å²) in [6, 6.07) is 1.53. The normalized spacial score (nSPS) is 11.8. The lowest BCUT2D eigenvalue weighted by molar-refractivity contribution is -0.136. The molecule has 0 saturated heterocycles. The SMILES string of the molecule is CCCCC[C@H](NC(=O)c1ccc(F)nc1)C(=O)OCl. The van der Waals surface area contributed by atoms with E-state index in [1.807, 2.05) is 6.92 Å². The van der Waals surface area contributed by atoms with Gasteiger partial charge in [-0.15, -0.1) is 0 Å². The highest BCUT2D eigenvalue weighted by Crippen LogP contribution is 2.08. The van der Waals surface area contributed by atoms with Gasteiger partial charge >= 0.3 is 5.97 Å². The van der Waals surface area contributed by atoms with Crippen molar-refractivity contribution in [3.05, 3.63) is 29.8 Å². The molecule has 1 aromatic rings. The number of unbranched alkanes of at least 4 members (excludes halogenated alkanes) is 2. The Labute approximate surface area is 121 Å². The van der Waals surface area contributed by atoms with Crippen LogP contribution in [0.15, 0.2) is 18.3 Å². The van der Waals surface area contributed by atoms with Crippen LogP contribution in [0.4, 0.5) is 4.39 Å². The fourth-order valence-electron chi connectivity index (χ4n) is 1.65. The molecule has 1 rings (SSSR count). The van der Waals surface area contributed by atoms with E-state index in [1.54, 1.807) is 0 Å². The Morgan fingerprint density at radius 3 is 2.75 bits per heavy atom. The van der Waals surface area contributed by atoms with Crippen molar-refractivity contribution in [2.45, 2.75) is 38.6 Å². The van der Waals surface area contributed by atoms with E-state index in [0.717, 1.165) is 31.5 Å². The molecule has 1 atom stereocenters. The van der Waals surface area contributed by atoms with Crippen LogP contribution in [-0.2, 0) is 9.08 Å². The van der Waals surface area contributed by atoms with Crippen molar-refractivity contribution < 1.29 is 18.3 Å². The first-order chi connectivity index (χ1) is 9.58. The average molecular weight is 303 g/mol. The molecule has 110 valence electrons. The first kappa shape index (κ1) is 16.4. The summed E-state index contributed by atoms with van der Waals surface area (Å²) in [5, 5.41) is 2.50. The molecule has 0 saturated carbocycles. The van der Waals surface area contributed by atoms with Crippen molar-refractivity contribution >= 4 is 23.7 Å². The van der Waals surface area contributed by atoms with Crippen molar-refractivity contribution in [1.82, 2.24) is 10.3 Å². The van der Waals surface area contributed by atoms with E-state index in [0.29, 0.717) is 6.42 Å². The van der Waals surface area contributed by atoms with E-state index in [2.05, 4.69) is 14.6 Å². The van der Waals surface area contributed by atoms with E-state index in [9.17, 15) is 14.0 Å². The Morgan fingerprint density at radius 1 is 1.45 bits per heavy atom. The average Bonchev–Trinajstić information content (AvgIpc) is 2.46. The predicted octanol–water partition coefficient (Wildman–Crippen LogP) is 2.60. The summed E-state index contributed by atoms with van der Waals surface area (Å²) >= 11 is 5.05. The van der Waals surface area contributed by atoms with Crippen LogP contribution in [0.3, 0.4) is 0 Å². The molecule has 5 nitrogen and oxygen atoms in total. The number of carbonyl (C=O) groups excluding carboxylic acids is 2. The van der Waals surface area contributed by atoms with E-state index in [-0.39, 0.29) is 5.56 Å². The van der Waals surface area contributed by atoms with Crippen LogP contribution >= 0.6 is 11.9 Å². The van der Waals surface area contributed by atoms with Crippen molar-refractivity contribution in [3.8, 4) is 0 Å². The lowest BCUT2D eigenvalue weighted by Crippen LogP contribution is -2.41. The van der Waals surface area contributed by atoms with Gasteiger partial charge in [-0.05, 0) is 18.6 Å². The van der Waals surface area contributed by atoms with E-state index in [4.69, 9.17) is 11.9 Å². The van der Waals surface area contributed by atoms with Gasteiger partial charge in [0.25, 0.3) is 5.91 Å². The number of halogens is 2. The zero-order chi connectivity index (χ0) is 15.0. The number of nitrogens with zero attached hydrogens (tertiary/aromatic N) is 1. The number of rotatable bonds is 7. The molecule has 0 aliphatic rings. The van der Waals surface area contributed by atoms with Crippen LogP contribution in [0.5, 0.6) is 0 Å². The second kappa shape index (κ2) is 8.47. The maximum atomic E-state index is 12.7. The minimum atomic E-state index is -0.823. The van der Waals surface area contributed by atoms with Gasteiger partial charge in [-0.1, -0.05) is 26.2 Å². The number of hydrogen-bond acceptors (Lipinski definition) is 4. The van der Waals surface area contributed by atoms with Crippen LogP contribution < -0.4 is 5.32 Å². The first-order valence-corrected chi connectivity index (χ1v) is 6.64. The minimum absolute atomic E-state index is 0.161. The van der Waals surface area contributed by atoms with Crippen LogP contribution in [0, 0.1) is 5.95 Å². The second-order valence-corrected chi connectivity index (χ2v) is 4.44. The molecule has 20 heavy (non-hydrogen) atoms. The summed E-state index contributed by atoms with van der Waals surface area (Å²) < 4.78 is 16.8. The topological polar surface area (TPSA) is 68.3 Å². The number of nitrogens with one attached hydrogen (secondary N) is 1. The Kier molecular flexibility index (Phi) is 6.93. The van der Waals surface area contributed by atoms with Gasteiger partial charge in [0.1, 0.15) is 17.9 Å². The van der Waals surface area contributed by atoms with Crippen LogP contribution in [0.2, 0.25) is 0 Å². The maximum absolute atomic E-state index is 12.7. The van der Waals surface area contributed by atoms with E-state index in [1.165, 1.54) is 6.07 Å². The molecule has 0 aromatic carbocycles. The summed E-state index contributed by atoms with van der Waals surface area (Å²) in [6.07, 6.45) is 4.20. The monoisotopic (exact) mass is 302 g/mol. The van der Waals surface area contributed by atoms with Gasteiger partial charge in [0, 0.05) is 6.20 Å². The Hall–Kier alpha value is -1.69. The molecule has 0 bridgehead atoms. The highest BCUT2D eigenvalue weighted by molar-refractivity contribution is 6.14. The highest BCUT2D eigenvalue weighted by atomic mass is 35.5. The number of amides is 1. The summed E-state index contributed by atoms with van der Waals surface area (Å²) in [5.41, 5.74) is 0.161. The third-order valence-electron chi connectivity index (χ3n) is 2.75. The van der Waals surface area contributed by atoms with Gasteiger partial charge in [-0.25, -0.2) is 9.78 Å². The fraction of sp³-hybridized carbons (Fsp3) is 0.462. The van der Waals surface area contributed by atoms with Gasteiger partial charge < -0.3 is 9.61 Å². The number of hydrogen-bond donors (Lipinski definition) is 1. The van der Waals surface area contributed by atoms with Crippen molar-refractivity contribution in [2.75, 3.05) is 0 Å². The van der Waals surface area contributed by atoms with E-state index >= 15 is 0 Å². The maximum Gasteiger partial charge on any atom is 0.346 e. The second-order valence-electron chi connectivity index (χ2n) is 4.29. The van der Waals surface area contributed by atoms with Gasteiger partial charge in [-0.3, -0.25) is 4.79 Å². The first-order valence-electron chi connectivity index (χ1n) is 6.33. The summed E-state index contributed by atoms with van der Waals surface area (Å²) in [7, 11) is 0. The largest absolute Gasteiger partial charge is 0.346 e. The smallest absolute Gasteiger partial charge is 0.345 e. The van der Waals surface area contributed by atoms with Gasteiger partial charge in [0.2, 0.25) is 5.95 Å². The molecule has 0 unspecified atom stereocenters. The Morgan fingerprint density at radius 2 is 2.20 bits per heavy atom. The predicted molar refractivity (Wildman–Crippen MR) is 71.5 cm³/mol. The zero-order valence-corrected chi connectivity index (χ0v) is 11.8. The summed E-state index contributed by atoms with van der Waals surface area (Å²) in [5.74, 6) is -1.92. The summed E-state index contributed by atoms with van der Waals surface area (Å²) in [6.45, 7) is 2.03. The molecule has 1 N–H and O–H groups in total. The lowest BCUT2D eigenvalue weighted by Gasteiger charge is -2.15. The number of aromatic nitrogens is 1. The molecular formula is C13H16ClFN2O3. The molecule has 1 aromatic heterocycles. The van der Waals surface area contributed by atoms with Gasteiger partial charge in [0.05, 0.1) is 5.56 Å². The zero-order valence-electron chi connectivity index (χ0n) is 11.1. The van der Waals surface area contributed by atoms with Crippen molar-refractivity contribution in [1.29, 1.82) is 0 Å². The fourth-order valence-corrected chi connectivity index (χ4v) is 1.76. The summed E-state index contributed by atoms with van der Waals surface area (Å²) in [4.78, 5) is 26.8. The van der Waals surface area contributed by atoms with Crippen LogP contribution in [-0.4, -0.2) is 22.9 Å². The van der Waals surface area contributed by atoms with Gasteiger partial charge in [0.15, 0.2) is 0 Å². The molecule has 0 fully saturated rings. The molecular weight excluding hydrogens is 287 g/mol. The molecule has 1 heterocycles. The molecule has 0 aliphatic carbocycles. The molecule has 0 radical (unpaired) electrons. The van der Waals surface area contributed by atoms with Crippen molar-refractivity contribution in [3.63, 3.8) is 0 Å². The van der Waals surface area contributed by atoms with E-state index < -0.39 is 23.9 Å². The Balaban J connectivity index is 2.65. The van der Waals surface area contributed by atoms with Crippen LogP contribution in [0.1, 0.15) is 43.0 Å². The molecule has 7 heteroatoms. The molecule has 0 aliphatic heterocycles. The standard InChI is InChI=1S/C13H16ClFN2O3/c1-2-3-4-5-10(13(19)20-14)17-12(18)9-6-7-11(15)16-8-9/h6-8,10H,2-5H2,1H3,(H,17,18)/t10-/m0/s1. The number of pyridine rings is 1. The molecule has 0 spiro atoms.